The molecule has 0 spiro atoms. The maximum absolute atomic E-state index is 13.9. The zero-order chi connectivity index (χ0) is 13.8. The number of benzene rings is 1. The number of rotatable bonds is 4. The third-order valence-electron chi connectivity index (χ3n) is 2.40. The van der Waals surface area contributed by atoms with Crippen molar-refractivity contribution in [3.05, 3.63) is 58.5 Å². The van der Waals surface area contributed by atoms with Crippen LogP contribution in [0.1, 0.15) is 15.9 Å². The van der Waals surface area contributed by atoms with E-state index < -0.39 is 11.8 Å². The quantitative estimate of drug-likeness (QED) is 0.871. The normalized spacial score (nSPS) is 10.4. The fraction of sp³-hybridized carbons (Fsp3) is 0.0769. The van der Waals surface area contributed by atoms with Crippen LogP contribution in [0, 0.1) is 5.82 Å². The van der Waals surface area contributed by atoms with Crippen LogP contribution in [-0.2, 0) is 5.75 Å². The zero-order valence-corrected chi connectivity index (χ0v) is 11.2. The van der Waals surface area contributed by atoms with Crippen molar-refractivity contribution < 1.29 is 14.3 Å². The predicted octanol–water partition coefficient (Wildman–Crippen LogP) is 3.86. The van der Waals surface area contributed by atoms with Crippen LogP contribution in [0.4, 0.5) is 4.39 Å². The molecule has 19 heavy (non-hydrogen) atoms. The average molecular weight is 298 g/mol. The van der Waals surface area contributed by atoms with E-state index in [1.54, 1.807) is 24.4 Å². The Morgan fingerprint density at radius 3 is 2.84 bits per heavy atom. The fourth-order valence-corrected chi connectivity index (χ4v) is 2.62. The first-order valence-corrected chi connectivity index (χ1v) is 6.70. The molecule has 0 bridgehead atoms. The van der Waals surface area contributed by atoms with Crippen LogP contribution >= 0.6 is 23.4 Å². The van der Waals surface area contributed by atoms with E-state index in [0.717, 1.165) is 0 Å². The van der Waals surface area contributed by atoms with Crippen molar-refractivity contribution in [3.8, 4) is 0 Å². The van der Waals surface area contributed by atoms with Crippen LogP contribution in [0.2, 0.25) is 5.02 Å². The molecule has 0 atom stereocenters. The molecule has 1 heterocycles. The van der Waals surface area contributed by atoms with Crippen molar-refractivity contribution in [2.24, 2.45) is 0 Å². The van der Waals surface area contributed by atoms with Gasteiger partial charge >= 0.3 is 5.97 Å². The van der Waals surface area contributed by atoms with Crippen LogP contribution in [-0.4, -0.2) is 16.1 Å². The predicted molar refractivity (Wildman–Crippen MR) is 72.2 cm³/mol. The van der Waals surface area contributed by atoms with Crippen molar-refractivity contribution in [1.82, 2.24) is 4.98 Å². The highest BCUT2D eigenvalue weighted by Gasteiger charge is 2.14. The number of aromatic nitrogens is 1. The lowest BCUT2D eigenvalue weighted by molar-refractivity contribution is 0.0691. The lowest BCUT2D eigenvalue weighted by Crippen LogP contribution is -2.03. The number of pyridine rings is 1. The molecule has 3 nitrogen and oxygen atoms in total. The highest BCUT2D eigenvalue weighted by molar-refractivity contribution is 7.98. The molecule has 0 aliphatic carbocycles. The van der Waals surface area contributed by atoms with Gasteiger partial charge in [0.1, 0.15) is 10.8 Å². The number of hydrogen-bond acceptors (Lipinski definition) is 3. The number of thioether (sulfide) groups is 1. The van der Waals surface area contributed by atoms with Crippen LogP contribution < -0.4 is 0 Å². The molecule has 1 aromatic carbocycles. The van der Waals surface area contributed by atoms with Crippen molar-refractivity contribution in [2.45, 2.75) is 10.8 Å². The minimum atomic E-state index is -1.28. The number of carbonyl (C=O) groups is 1. The zero-order valence-electron chi connectivity index (χ0n) is 9.64. The highest BCUT2D eigenvalue weighted by atomic mass is 35.5. The molecule has 0 amide bonds. The number of carboxylic acids is 1. The number of carboxylic acid groups (broad SMARTS) is 1. The molecule has 0 aliphatic heterocycles. The van der Waals surface area contributed by atoms with E-state index in [4.69, 9.17) is 16.7 Å². The summed E-state index contributed by atoms with van der Waals surface area (Å²) in [5.74, 6) is -1.72. The molecule has 0 unspecified atom stereocenters. The lowest BCUT2D eigenvalue weighted by Gasteiger charge is -2.06. The minimum absolute atomic E-state index is 0.268. The molecule has 6 heteroatoms. The van der Waals surface area contributed by atoms with E-state index in [1.165, 1.54) is 23.9 Å². The fourth-order valence-electron chi connectivity index (χ4n) is 1.48. The van der Waals surface area contributed by atoms with E-state index in [0.29, 0.717) is 15.6 Å². The Labute approximate surface area is 118 Å². The SMILES string of the molecule is O=C(O)c1cccc(CSc2ncccc2Cl)c1F. The average Bonchev–Trinajstić information content (AvgIpc) is 2.39. The largest absolute Gasteiger partial charge is 0.478 e. The molecule has 0 radical (unpaired) electrons. The van der Waals surface area contributed by atoms with Crippen molar-refractivity contribution in [1.29, 1.82) is 0 Å². The highest BCUT2D eigenvalue weighted by Crippen LogP contribution is 2.28. The van der Waals surface area contributed by atoms with Crippen LogP contribution in [0.5, 0.6) is 0 Å². The van der Waals surface area contributed by atoms with E-state index >= 15 is 0 Å². The van der Waals surface area contributed by atoms with Gasteiger partial charge in [-0.25, -0.2) is 14.2 Å². The maximum atomic E-state index is 13.9. The van der Waals surface area contributed by atoms with Crippen molar-refractivity contribution in [2.75, 3.05) is 0 Å². The first-order valence-electron chi connectivity index (χ1n) is 5.33. The molecular formula is C13H9ClFNO2S. The molecule has 2 aromatic rings. The van der Waals surface area contributed by atoms with Gasteiger partial charge in [0, 0.05) is 11.9 Å². The van der Waals surface area contributed by atoms with Gasteiger partial charge in [-0.1, -0.05) is 23.7 Å². The Morgan fingerprint density at radius 1 is 1.37 bits per heavy atom. The summed E-state index contributed by atoms with van der Waals surface area (Å²) in [5, 5.41) is 9.91. The molecule has 0 saturated carbocycles. The van der Waals surface area contributed by atoms with Gasteiger partial charge in [-0.3, -0.25) is 0 Å². The summed E-state index contributed by atoms with van der Waals surface area (Å²) in [7, 11) is 0. The maximum Gasteiger partial charge on any atom is 0.338 e. The molecular weight excluding hydrogens is 289 g/mol. The summed E-state index contributed by atoms with van der Waals surface area (Å²) in [6.07, 6.45) is 1.60. The second-order valence-corrected chi connectivity index (χ2v) is 5.03. The minimum Gasteiger partial charge on any atom is -0.478 e. The lowest BCUT2D eigenvalue weighted by atomic mass is 10.1. The van der Waals surface area contributed by atoms with Crippen LogP contribution in [0.15, 0.2) is 41.6 Å². The second-order valence-electron chi connectivity index (χ2n) is 3.66. The molecule has 1 aromatic heterocycles. The molecule has 0 fully saturated rings. The Balaban J connectivity index is 2.19. The van der Waals surface area contributed by atoms with Gasteiger partial charge in [0.05, 0.1) is 10.6 Å². The molecule has 98 valence electrons. The number of aromatic carboxylic acids is 1. The van der Waals surface area contributed by atoms with Crippen LogP contribution in [0.3, 0.4) is 0 Å². The summed E-state index contributed by atoms with van der Waals surface area (Å²) < 4.78 is 13.9. The van der Waals surface area contributed by atoms with E-state index in [-0.39, 0.29) is 11.3 Å². The molecule has 1 N–H and O–H groups in total. The third kappa shape index (κ3) is 3.24. The molecule has 0 aliphatic rings. The first kappa shape index (κ1) is 13.8. The Hall–Kier alpha value is -1.59. The summed E-state index contributed by atoms with van der Waals surface area (Å²) in [6, 6.07) is 7.70. The second kappa shape index (κ2) is 6.04. The summed E-state index contributed by atoms with van der Waals surface area (Å²) in [5.41, 5.74) is -0.0168. The third-order valence-corrected chi connectivity index (χ3v) is 3.87. The van der Waals surface area contributed by atoms with Crippen molar-refractivity contribution in [3.63, 3.8) is 0 Å². The van der Waals surface area contributed by atoms with Gasteiger partial charge in [-0.15, -0.1) is 11.8 Å². The van der Waals surface area contributed by atoms with Gasteiger partial charge < -0.3 is 5.11 Å². The molecule has 0 saturated heterocycles. The first-order chi connectivity index (χ1) is 9.09. The van der Waals surface area contributed by atoms with E-state index in [9.17, 15) is 9.18 Å². The topological polar surface area (TPSA) is 50.2 Å². The number of halogens is 2. The van der Waals surface area contributed by atoms with Gasteiger partial charge in [-0.05, 0) is 23.8 Å². The monoisotopic (exact) mass is 297 g/mol. The standard InChI is InChI=1S/C13H9ClFNO2S/c14-10-5-2-6-16-12(10)19-7-8-3-1-4-9(11(8)15)13(17)18/h1-6H,7H2,(H,17,18). The summed E-state index contributed by atoms with van der Waals surface area (Å²) in [6.45, 7) is 0. The molecule has 2 rings (SSSR count). The Kier molecular flexibility index (Phi) is 4.39. The van der Waals surface area contributed by atoms with Gasteiger partial charge in [0.15, 0.2) is 0 Å². The number of hydrogen-bond donors (Lipinski definition) is 1. The summed E-state index contributed by atoms with van der Waals surface area (Å²) in [4.78, 5) is 14.9. The number of nitrogens with zero attached hydrogens (tertiary/aromatic N) is 1. The van der Waals surface area contributed by atoms with Crippen LogP contribution in [0.25, 0.3) is 0 Å². The van der Waals surface area contributed by atoms with Gasteiger partial charge in [0.25, 0.3) is 0 Å². The van der Waals surface area contributed by atoms with E-state index in [1.807, 2.05) is 0 Å². The van der Waals surface area contributed by atoms with E-state index in [2.05, 4.69) is 4.98 Å². The van der Waals surface area contributed by atoms with Gasteiger partial charge in [0.2, 0.25) is 0 Å². The summed E-state index contributed by atoms with van der Waals surface area (Å²) >= 11 is 7.20. The Bertz CT molecular complexity index is 621. The van der Waals surface area contributed by atoms with Crippen molar-refractivity contribution >= 4 is 29.3 Å². The van der Waals surface area contributed by atoms with Gasteiger partial charge in [-0.2, -0.15) is 0 Å². The Morgan fingerprint density at radius 2 is 2.16 bits per heavy atom. The smallest absolute Gasteiger partial charge is 0.338 e.